The number of amides is 1. The van der Waals surface area contributed by atoms with Gasteiger partial charge in [0.15, 0.2) is 0 Å². The molecule has 0 heterocycles. The summed E-state index contributed by atoms with van der Waals surface area (Å²) >= 11 is 8.18. The maximum atomic E-state index is 12.5. The zero-order valence-electron chi connectivity index (χ0n) is 52.6. The highest BCUT2D eigenvalue weighted by Gasteiger charge is 2.23. The smallest absolute Gasteiger partial charge is 0.269 e. The van der Waals surface area contributed by atoms with Crippen LogP contribution in [0.2, 0.25) is 0 Å². The van der Waals surface area contributed by atoms with Crippen LogP contribution in [-0.2, 0) is 9.59 Å². The number of nitrogen functional groups attached to an aromatic ring is 1. The van der Waals surface area contributed by atoms with Crippen LogP contribution in [0.4, 0.5) is 32.8 Å². The number of ether oxygens (including phenoxy) is 3. The number of halogens is 3. The van der Waals surface area contributed by atoms with Crippen LogP contribution in [0.25, 0.3) is 0 Å². The molecule has 5 N–H and O–H groups in total. The zero-order valence-corrected chi connectivity index (χ0v) is 54.9. The number of nitrogens with zero attached hydrogens (tertiary/aromatic N) is 3. The molecule has 0 atom stereocenters. The number of nitrogens with one attached hydrogen (secondary N) is 1. The number of phenolic OH excluding ortho intramolecular Hbond substituents is 1. The van der Waals surface area contributed by atoms with Crippen molar-refractivity contribution in [1.82, 2.24) is 0 Å². The Morgan fingerprint density at radius 1 is 0.557 bits per heavy atom. The first kappa shape index (κ1) is 92.3. The van der Waals surface area contributed by atoms with E-state index in [1.807, 2.05) is 56.1 Å². The maximum absolute atomic E-state index is 12.5. The van der Waals surface area contributed by atoms with Crippen LogP contribution >= 0.6 is 27.5 Å². The van der Waals surface area contributed by atoms with Crippen LogP contribution in [-0.4, -0.2) is 70.4 Å². The van der Waals surface area contributed by atoms with Gasteiger partial charge in [0, 0.05) is 66.7 Å². The minimum absolute atomic E-state index is 0. The lowest BCUT2D eigenvalue weighted by Crippen LogP contribution is -2.20. The van der Waals surface area contributed by atoms with Gasteiger partial charge in [-0.05, 0) is 160 Å². The normalized spacial score (nSPS) is 11.2. The number of hydrogen-bond acceptors (Lipinski definition) is 14. The van der Waals surface area contributed by atoms with Crippen molar-refractivity contribution in [2.75, 3.05) is 45.3 Å². The molecule has 21 heteroatoms. The van der Waals surface area contributed by atoms with Gasteiger partial charge in [0.2, 0.25) is 11.1 Å². The van der Waals surface area contributed by atoms with Crippen molar-refractivity contribution in [1.29, 1.82) is 0 Å². The molecule has 18 nitrogen and oxygen atoms in total. The Kier molecular flexibility index (Phi) is 59.3. The molecule has 0 spiro atoms. The van der Waals surface area contributed by atoms with Gasteiger partial charge in [-0.1, -0.05) is 143 Å². The first-order valence-corrected chi connectivity index (χ1v) is 30.4. The summed E-state index contributed by atoms with van der Waals surface area (Å²) in [7, 11) is 5.84. The topological polar surface area (TPSA) is 270 Å². The van der Waals surface area contributed by atoms with Gasteiger partial charge in [0.1, 0.15) is 28.8 Å². The molecule has 2 aliphatic rings. The minimum atomic E-state index is -0.549. The van der Waals surface area contributed by atoms with E-state index in [0.717, 1.165) is 84.5 Å². The Morgan fingerprint density at radius 2 is 0.886 bits per heavy atom. The lowest BCUT2D eigenvalue weighted by atomic mass is 10.1. The van der Waals surface area contributed by atoms with Crippen LogP contribution in [0.15, 0.2) is 91.0 Å². The summed E-state index contributed by atoms with van der Waals surface area (Å²) < 4.78 is 27.7. The van der Waals surface area contributed by atoms with Gasteiger partial charge >= 0.3 is 0 Å². The van der Waals surface area contributed by atoms with Crippen LogP contribution in [0.3, 0.4) is 0 Å². The van der Waals surface area contributed by atoms with Crippen molar-refractivity contribution in [2.24, 2.45) is 11.8 Å². The number of nitro benzene ring substituents is 3. The number of carbonyl (C=O) groups excluding carboxylic acids is 2. The van der Waals surface area contributed by atoms with Gasteiger partial charge in [-0.15, -0.1) is 0 Å². The van der Waals surface area contributed by atoms with E-state index in [1.54, 1.807) is 34.1 Å². The minimum Gasteiger partial charge on any atom is -0.508 e. The van der Waals surface area contributed by atoms with Gasteiger partial charge < -0.3 is 35.5 Å². The molecule has 2 aliphatic carbocycles. The summed E-state index contributed by atoms with van der Waals surface area (Å²) in [5.74, 6) is 4.43. The molecule has 5 aromatic carbocycles. The van der Waals surface area contributed by atoms with E-state index in [4.69, 9.17) is 41.8 Å². The summed E-state index contributed by atoms with van der Waals surface area (Å²) in [6.07, 6.45) is 19.9. The number of benzene rings is 5. The number of aromatic hydroxyl groups is 1. The predicted octanol–water partition coefficient (Wildman–Crippen LogP) is 19.9. The Morgan fingerprint density at radius 3 is 1.20 bits per heavy atom. The fourth-order valence-electron chi connectivity index (χ4n) is 7.91. The lowest BCUT2D eigenvalue weighted by Gasteiger charge is -2.12. The predicted molar refractivity (Wildman–Crippen MR) is 368 cm³/mol. The summed E-state index contributed by atoms with van der Waals surface area (Å²) in [6, 6.07) is 23.1. The molecule has 0 saturated heterocycles. The molecule has 0 unspecified atom stereocenters. The van der Waals surface area contributed by atoms with E-state index in [9.17, 15) is 44.3 Å². The lowest BCUT2D eigenvalue weighted by molar-refractivity contribution is -0.385. The van der Waals surface area contributed by atoms with Gasteiger partial charge in [-0.25, -0.2) is 4.39 Å². The first-order chi connectivity index (χ1) is 40.4. The van der Waals surface area contributed by atoms with E-state index in [2.05, 4.69) is 48.9 Å². The Labute approximate surface area is 540 Å². The molecule has 2 fully saturated rings. The average molecular weight is 1330 g/mol. The second-order valence-corrected chi connectivity index (χ2v) is 19.8. The van der Waals surface area contributed by atoms with Gasteiger partial charge in [-0.2, -0.15) is 0 Å². The maximum Gasteiger partial charge on any atom is 0.269 e. The third-order valence-corrected chi connectivity index (χ3v) is 13.0. The summed E-state index contributed by atoms with van der Waals surface area (Å²) in [6.45, 7) is 17.7. The third-order valence-electron chi connectivity index (χ3n) is 12.7. The number of rotatable bonds is 15. The van der Waals surface area contributed by atoms with E-state index < -0.39 is 20.6 Å². The summed E-state index contributed by atoms with van der Waals surface area (Å²) in [5.41, 5.74) is 10.9. The summed E-state index contributed by atoms with van der Waals surface area (Å²) in [4.78, 5) is 51.5. The monoisotopic (exact) mass is 1320 g/mol. The fourth-order valence-corrected chi connectivity index (χ4v) is 8.13. The number of aryl methyl sites for hydroxylation is 5. The largest absolute Gasteiger partial charge is 0.508 e. The SMILES string of the molecule is C.C.C.CBr.CCCCCC.CCCCCC.CO.COc1ccc(N)cc1C.COc1ccc(NC(=O)C2CCCC2)cc1C.COc1ccc([N+](=O)[O-])cc1C.Cc1cc([N+](=O)[O-])ccc1F.Cc1cc([N+](=O)[O-])ccc1O.O=C(Cl)C1CCCC1. The van der Waals surface area contributed by atoms with E-state index in [-0.39, 0.29) is 68.1 Å². The number of alkyl halides is 1. The van der Waals surface area contributed by atoms with Gasteiger partial charge in [-0.3, -0.25) is 39.9 Å². The Bertz CT molecular complexity index is 2600. The highest BCUT2D eigenvalue weighted by molar-refractivity contribution is 9.08. The number of phenols is 1. The van der Waals surface area contributed by atoms with Gasteiger partial charge in [0.25, 0.3) is 17.1 Å². The summed E-state index contributed by atoms with van der Waals surface area (Å²) in [5, 5.41) is 49.5. The van der Waals surface area contributed by atoms with Crippen molar-refractivity contribution >= 4 is 67.1 Å². The van der Waals surface area contributed by atoms with Crippen LogP contribution < -0.4 is 25.3 Å². The molecule has 1 amide bonds. The van der Waals surface area contributed by atoms with Crippen molar-refractivity contribution in [3.63, 3.8) is 0 Å². The number of hydrogen-bond donors (Lipinski definition) is 4. The second-order valence-electron chi connectivity index (χ2n) is 19.4. The third kappa shape index (κ3) is 41.3. The standard InChI is InChI=1S/C14H19NO2.C8H9NO3.C8H11NO.C7H6FNO2.C7H7NO3.C6H9ClO.2C6H14.CH3Br.CH4O.3CH4/c1-10-9-12(7-8-13(10)17-2)15-14(16)11-5-3-4-6-11;1-6-5-7(9(10)11)3-4-8(6)12-2;1-6-5-7(9)3-4-8(6)10-2;1-5-4-6(9(10)11)2-3-7(5)8;1-5-4-6(8(10)11)2-3-7(5)9;7-6(8)5-3-1-2-4-5;2*1-3-5-6-4-2;2*1-2;;;/h7-9,11H,3-6H2,1-2H3,(H,15,16);3-5H,1-2H3;3-5H,9H2,1-2H3;2-4H,1H3;2-4,9H,1H3;5H,1-4H2;2*3-6H2,1-2H3;1H3;2H,1H3;3*1H4. The molecule has 0 aliphatic heterocycles. The van der Waals surface area contributed by atoms with Crippen LogP contribution in [0.1, 0.15) is 181 Å². The molecule has 0 aromatic heterocycles. The molecule has 0 radical (unpaired) electrons. The van der Waals surface area contributed by atoms with Crippen molar-refractivity contribution in [3.8, 4) is 23.0 Å². The number of nitro groups is 3. The van der Waals surface area contributed by atoms with Crippen LogP contribution in [0, 0.1) is 82.6 Å². The molecular weight excluding hydrogens is 1220 g/mol. The number of methoxy groups -OCH3 is 3. The van der Waals surface area contributed by atoms with E-state index in [1.165, 1.54) is 127 Å². The number of aliphatic hydroxyl groups excluding tert-OH is 1. The molecule has 500 valence electrons. The molecule has 0 bridgehead atoms. The zero-order chi connectivity index (χ0) is 65.5. The van der Waals surface area contributed by atoms with E-state index in [0.29, 0.717) is 16.9 Å². The number of aliphatic hydroxyl groups is 1. The molecular formula is C67H108BrClFN5O13. The highest BCUT2D eigenvalue weighted by Crippen LogP contribution is 2.29. The number of anilines is 2. The quantitative estimate of drug-likeness (QED) is 0.0190. The second kappa shape index (κ2) is 56.6. The molecule has 88 heavy (non-hydrogen) atoms. The Balaban J connectivity index is -0.000000219. The number of carbonyl (C=O) groups is 2. The Hall–Kier alpha value is -6.90. The molecule has 7 rings (SSSR count). The number of unbranched alkanes of at least 4 members (excludes halogenated alkanes) is 6. The highest BCUT2D eigenvalue weighted by atomic mass is 79.9. The van der Waals surface area contributed by atoms with Crippen molar-refractivity contribution < 1.29 is 53.2 Å². The fraction of sp³-hybridized carbons (Fsp3) is 0.522. The number of nitrogens with two attached hydrogens (primary N) is 1. The van der Waals surface area contributed by atoms with Crippen LogP contribution in [0.5, 0.6) is 23.0 Å². The van der Waals surface area contributed by atoms with Crippen molar-refractivity contribution in [2.45, 2.75) is 187 Å². The first-order valence-electron chi connectivity index (χ1n) is 28.5. The van der Waals surface area contributed by atoms with Gasteiger partial charge in [0.05, 0.1) is 36.1 Å². The molecule has 5 aromatic rings. The molecule has 2 saturated carbocycles. The van der Waals surface area contributed by atoms with E-state index >= 15 is 0 Å². The van der Waals surface area contributed by atoms with Crippen molar-refractivity contribution in [3.05, 3.63) is 155 Å². The average Bonchev–Trinajstić information content (AvgIpc) is 4.18. The number of non-ortho nitro benzene ring substituents is 3.